The summed E-state index contributed by atoms with van der Waals surface area (Å²) in [4.78, 5) is 11.3. The zero-order valence-corrected chi connectivity index (χ0v) is 12.9. The summed E-state index contributed by atoms with van der Waals surface area (Å²) in [6, 6.07) is 10.7. The number of nitrogens with two attached hydrogens (primary N) is 1. The Bertz CT molecular complexity index is 655. The number of carbonyl (C=O) groups is 1. The number of esters is 1. The fourth-order valence-electron chi connectivity index (χ4n) is 2.00. The summed E-state index contributed by atoms with van der Waals surface area (Å²) in [5, 5.41) is 0. The van der Waals surface area contributed by atoms with Gasteiger partial charge in [0.05, 0.1) is 12.7 Å². The first kappa shape index (κ1) is 19.0. The van der Waals surface area contributed by atoms with Crippen LogP contribution < -0.4 is 5.73 Å². The number of halogens is 4. The maximum Gasteiger partial charge on any atom is 0.416 e. The molecule has 2 aromatic rings. The molecule has 23 heavy (non-hydrogen) atoms. The van der Waals surface area contributed by atoms with Gasteiger partial charge in [0, 0.05) is 0 Å². The number of hydrogen-bond donors (Lipinski definition) is 1. The van der Waals surface area contributed by atoms with Crippen molar-refractivity contribution in [2.75, 3.05) is 7.11 Å². The van der Waals surface area contributed by atoms with Crippen molar-refractivity contribution >= 4 is 18.4 Å². The van der Waals surface area contributed by atoms with Gasteiger partial charge in [0.25, 0.3) is 0 Å². The van der Waals surface area contributed by atoms with Crippen LogP contribution in [0.4, 0.5) is 13.2 Å². The first-order chi connectivity index (χ1) is 10.3. The van der Waals surface area contributed by atoms with Crippen molar-refractivity contribution in [1.29, 1.82) is 0 Å². The molecule has 2 rings (SSSR count). The highest BCUT2D eigenvalue weighted by Crippen LogP contribution is 2.31. The van der Waals surface area contributed by atoms with Crippen LogP contribution in [-0.2, 0) is 15.7 Å². The molecule has 0 saturated carbocycles. The van der Waals surface area contributed by atoms with E-state index in [4.69, 9.17) is 5.73 Å². The van der Waals surface area contributed by atoms with Gasteiger partial charge in [-0.3, -0.25) is 4.79 Å². The molecule has 0 unspecified atom stereocenters. The van der Waals surface area contributed by atoms with E-state index in [1.165, 1.54) is 19.2 Å². The third-order valence-electron chi connectivity index (χ3n) is 3.27. The molecule has 0 aromatic heterocycles. The molecule has 2 aromatic carbocycles. The number of methoxy groups -OCH3 is 1. The lowest BCUT2D eigenvalue weighted by atomic mass is 10.00. The summed E-state index contributed by atoms with van der Waals surface area (Å²) in [7, 11) is 1.25. The van der Waals surface area contributed by atoms with Crippen LogP contribution in [-0.4, -0.2) is 13.1 Å². The molecule has 0 radical (unpaired) electrons. The highest BCUT2D eigenvalue weighted by atomic mass is 35.5. The van der Waals surface area contributed by atoms with Gasteiger partial charge >= 0.3 is 12.1 Å². The topological polar surface area (TPSA) is 52.3 Å². The van der Waals surface area contributed by atoms with E-state index >= 15 is 0 Å². The van der Waals surface area contributed by atoms with E-state index in [2.05, 4.69) is 4.74 Å². The van der Waals surface area contributed by atoms with Crippen molar-refractivity contribution in [1.82, 2.24) is 0 Å². The Morgan fingerprint density at radius 3 is 1.83 bits per heavy atom. The lowest BCUT2D eigenvalue weighted by molar-refractivity contribution is -0.142. The fraction of sp³-hybridized carbons (Fsp3) is 0.188. The molecule has 7 heteroatoms. The van der Waals surface area contributed by atoms with Crippen LogP contribution in [0, 0.1) is 0 Å². The van der Waals surface area contributed by atoms with Gasteiger partial charge in [-0.2, -0.15) is 13.2 Å². The average Bonchev–Trinajstić information content (AvgIpc) is 2.53. The number of hydrogen-bond acceptors (Lipinski definition) is 3. The molecule has 0 heterocycles. The highest BCUT2D eigenvalue weighted by molar-refractivity contribution is 5.85. The van der Waals surface area contributed by atoms with Crippen LogP contribution in [0.15, 0.2) is 48.5 Å². The van der Waals surface area contributed by atoms with Gasteiger partial charge in [0.1, 0.15) is 6.04 Å². The average molecular weight is 346 g/mol. The molecular formula is C16H15ClF3NO2. The lowest BCUT2D eigenvalue weighted by Crippen LogP contribution is -2.22. The number of rotatable bonds is 3. The minimum Gasteiger partial charge on any atom is -0.468 e. The van der Waals surface area contributed by atoms with Crippen molar-refractivity contribution in [3.8, 4) is 11.1 Å². The Kier molecular flexibility index (Phi) is 6.18. The second kappa shape index (κ2) is 7.48. The largest absolute Gasteiger partial charge is 0.468 e. The van der Waals surface area contributed by atoms with Gasteiger partial charge in [-0.25, -0.2) is 0 Å². The van der Waals surface area contributed by atoms with E-state index in [0.29, 0.717) is 11.1 Å². The summed E-state index contributed by atoms with van der Waals surface area (Å²) in [5.41, 5.74) is 6.96. The Hall–Kier alpha value is -2.05. The van der Waals surface area contributed by atoms with E-state index < -0.39 is 23.8 Å². The van der Waals surface area contributed by atoms with Crippen molar-refractivity contribution in [3.63, 3.8) is 0 Å². The molecule has 1 atom stereocenters. The standard InChI is InChI=1S/C16H14F3NO2.ClH/c1-22-15(21)14(20)12-4-2-10(3-5-12)11-6-8-13(9-7-11)16(17,18)19;/h2-9,14H,20H2,1H3;1H/t14-;/m1./s1. The normalized spacial score (nSPS) is 12.2. The van der Waals surface area contributed by atoms with Crippen LogP contribution >= 0.6 is 12.4 Å². The summed E-state index contributed by atoms with van der Waals surface area (Å²) < 4.78 is 42.1. The van der Waals surface area contributed by atoms with E-state index in [1.807, 2.05) is 0 Å². The van der Waals surface area contributed by atoms with E-state index in [-0.39, 0.29) is 12.4 Å². The van der Waals surface area contributed by atoms with Crippen LogP contribution in [0.2, 0.25) is 0 Å². The quantitative estimate of drug-likeness (QED) is 0.856. The maximum atomic E-state index is 12.5. The van der Waals surface area contributed by atoms with Crippen LogP contribution in [0.25, 0.3) is 11.1 Å². The summed E-state index contributed by atoms with van der Waals surface area (Å²) in [6.07, 6.45) is -4.35. The van der Waals surface area contributed by atoms with E-state index in [1.54, 1.807) is 24.3 Å². The van der Waals surface area contributed by atoms with Gasteiger partial charge in [-0.05, 0) is 28.8 Å². The monoisotopic (exact) mass is 345 g/mol. The highest BCUT2D eigenvalue weighted by Gasteiger charge is 2.29. The number of benzene rings is 2. The van der Waals surface area contributed by atoms with Gasteiger partial charge in [-0.1, -0.05) is 36.4 Å². The predicted molar refractivity (Wildman–Crippen MR) is 83.1 cm³/mol. The molecule has 0 spiro atoms. The van der Waals surface area contributed by atoms with Crippen LogP contribution in [0.5, 0.6) is 0 Å². The molecular weight excluding hydrogens is 331 g/mol. The Morgan fingerprint density at radius 1 is 1.00 bits per heavy atom. The minimum atomic E-state index is -4.35. The Morgan fingerprint density at radius 2 is 1.43 bits per heavy atom. The zero-order valence-electron chi connectivity index (χ0n) is 12.1. The molecule has 0 aliphatic carbocycles. The second-order valence-electron chi connectivity index (χ2n) is 4.70. The molecule has 0 fully saturated rings. The van der Waals surface area contributed by atoms with Crippen molar-refractivity contribution in [3.05, 3.63) is 59.7 Å². The molecule has 124 valence electrons. The minimum absolute atomic E-state index is 0. The first-order valence-corrected chi connectivity index (χ1v) is 6.44. The molecule has 0 bridgehead atoms. The Labute approximate surface area is 137 Å². The summed E-state index contributed by atoms with van der Waals surface area (Å²) >= 11 is 0. The Balaban J connectivity index is 0.00000264. The SMILES string of the molecule is COC(=O)[C@H](N)c1ccc(-c2ccc(C(F)(F)F)cc2)cc1.Cl. The van der Waals surface area contributed by atoms with Gasteiger partial charge in [-0.15, -0.1) is 12.4 Å². The fourth-order valence-corrected chi connectivity index (χ4v) is 2.00. The number of carbonyl (C=O) groups excluding carboxylic acids is 1. The van der Waals surface area contributed by atoms with E-state index in [0.717, 1.165) is 17.7 Å². The third kappa shape index (κ3) is 4.46. The van der Waals surface area contributed by atoms with Crippen molar-refractivity contribution in [2.45, 2.75) is 12.2 Å². The summed E-state index contributed by atoms with van der Waals surface area (Å²) in [5.74, 6) is -0.553. The summed E-state index contributed by atoms with van der Waals surface area (Å²) in [6.45, 7) is 0. The van der Waals surface area contributed by atoms with Crippen molar-refractivity contribution < 1.29 is 22.7 Å². The molecule has 2 N–H and O–H groups in total. The smallest absolute Gasteiger partial charge is 0.416 e. The van der Waals surface area contributed by atoms with Crippen LogP contribution in [0.3, 0.4) is 0 Å². The van der Waals surface area contributed by atoms with Gasteiger partial charge < -0.3 is 10.5 Å². The third-order valence-corrected chi connectivity index (χ3v) is 3.27. The van der Waals surface area contributed by atoms with Gasteiger partial charge in [0.15, 0.2) is 0 Å². The molecule has 0 saturated heterocycles. The maximum absolute atomic E-state index is 12.5. The second-order valence-corrected chi connectivity index (χ2v) is 4.70. The molecule has 0 aliphatic rings. The van der Waals surface area contributed by atoms with E-state index in [9.17, 15) is 18.0 Å². The van der Waals surface area contributed by atoms with Crippen LogP contribution in [0.1, 0.15) is 17.2 Å². The van der Waals surface area contributed by atoms with Crippen molar-refractivity contribution in [2.24, 2.45) is 5.73 Å². The first-order valence-electron chi connectivity index (χ1n) is 6.44. The molecule has 0 aliphatic heterocycles. The number of alkyl halides is 3. The predicted octanol–water partition coefficient (Wildman–Crippen LogP) is 3.97. The van der Waals surface area contributed by atoms with Gasteiger partial charge in [0.2, 0.25) is 0 Å². The lowest BCUT2D eigenvalue weighted by Gasteiger charge is -2.11. The molecule has 0 amide bonds. The molecule has 3 nitrogen and oxygen atoms in total. The zero-order chi connectivity index (χ0) is 16.3. The number of ether oxygens (including phenoxy) is 1.